The lowest BCUT2D eigenvalue weighted by Gasteiger charge is -2.14. The van der Waals surface area contributed by atoms with E-state index in [0.29, 0.717) is 17.0 Å². The molecule has 11 heteroatoms. The van der Waals surface area contributed by atoms with Crippen LogP contribution in [0, 0.1) is 5.92 Å². The number of fused-ring (bicyclic) bond motifs is 1. The Morgan fingerprint density at radius 3 is 2.73 bits per heavy atom. The maximum Gasteiger partial charge on any atom is 0.260 e. The predicted octanol–water partition coefficient (Wildman–Crippen LogP) is 1.59. The number of nitrogens with one attached hydrogen (secondary N) is 3. The van der Waals surface area contributed by atoms with Crippen LogP contribution in [0.2, 0.25) is 0 Å². The Labute approximate surface area is 176 Å². The topological polar surface area (TPSA) is 132 Å². The molecule has 0 bridgehead atoms. The van der Waals surface area contributed by atoms with E-state index in [1.54, 1.807) is 0 Å². The van der Waals surface area contributed by atoms with Crippen molar-refractivity contribution in [3.05, 3.63) is 30.4 Å². The van der Waals surface area contributed by atoms with Gasteiger partial charge in [-0.1, -0.05) is 0 Å². The lowest BCUT2D eigenvalue weighted by atomic mass is 10.2. The number of anilines is 3. The number of methoxy groups -OCH3 is 2. The molecule has 3 aromatic heterocycles. The van der Waals surface area contributed by atoms with Crippen molar-refractivity contribution in [3.8, 4) is 11.6 Å². The number of carbonyl (C=O) groups is 2. The number of carbonyl (C=O) groups excluding carboxylic acids is 2. The Balaban J connectivity index is 1.75. The van der Waals surface area contributed by atoms with Crippen LogP contribution in [0.4, 0.5) is 17.2 Å². The lowest BCUT2D eigenvalue weighted by molar-refractivity contribution is -0.117. The second kappa shape index (κ2) is 7.85. The summed E-state index contributed by atoms with van der Waals surface area (Å²) in [5.41, 5.74) is 1.04. The van der Waals surface area contributed by atoms with E-state index in [2.05, 4.69) is 25.7 Å². The van der Waals surface area contributed by atoms with Crippen LogP contribution in [0.15, 0.2) is 24.8 Å². The van der Waals surface area contributed by atoms with Gasteiger partial charge in [0, 0.05) is 29.3 Å². The largest absolute Gasteiger partial charge is 0.490 e. The van der Waals surface area contributed by atoms with Crippen LogP contribution in [-0.2, 0) is 4.79 Å². The third kappa shape index (κ3) is 3.56. The average molecular weight is 414 g/mol. The van der Waals surface area contributed by atoms with Gasteiger partial charge in [-0.2, -0.15) is 10.1 Å². The third-order valence-electron chi connectivity index (χ3n) is 4.62. The first-order valence-corrected chi connectivity index (χ1v) is 9.05. The van der Waals surface area contributed by atoms with Gasteiger partial charge in [0.25, 0.3) is 11.8 Å². The van der Waals surface area contributed by atoms with E-state index in [1.165, 1.54) is 43.5 Å². The van der Waals surface area contributed by atoms with E-state index in [4.69, 9.17) is 13.6 Å². The number of hydrogen-bond acceptors (Lipinski definition) is 8. The standard InChI is InChI=1S/C19H21N7O4/c1-20-18(28)11-7-21-14(25-17(27)10-4-5-10)6-12(11)24-13-8-23-26-9-22-19(30-3)16(29-2)15(13)26/h6-10H,4-5H2,1-3H3,(H,20,28)(H2,21,24,25,27)/i1D3. The summed E-state index contributed by atoms with van der Waals surface area (Å²) in [6.45, 7) is -2.69. The van der Waals surface area contributed by atoms with E-state index < -0.39 is 12.9 Å². The first-order valence-electron chi connectivity index (χ1n) is 10.5. The zero-order valence-corrected chi connectivity index (χ0v) is 16.2. The van der Waals surface area contributed by atoms with E-state index in [0.717, 1.165) is 12.8 Å². The van der Waals surface area contributed by atoms with Crippen LogP contribution in [0.5, 0.6) is 11.6 Å². The van der Waals surface area contributed by atoms with Gasteiger partial charge in [-0.15, -0.1) is 0 Å². The molecule has 11 nitrogen and oxygen atoms in total. The summed E-state index contributed by atoms with van der Waals surface area (Å²) in [6, 6.07) is 1.45. The van der Waals surface area contributed by atoms with Crippen molar-refractivity contribution in [2.24, 2.45) is 5.92 Å². The molecule has 0 atom stereocenters. The SMILES string of the molecule is [2H]C([2H])([2H])NC(=O)c1cnc(NC(=O)C2CC2)cc1Nc1cnn2cnc(OC)c(OC)c12. The van der Waals surface area contributed by atoms with Crippen molar-refractivity contribution < 1.29 is 23.2 Å². The minimum Gasteiger partial charge on any atom is -0.490 e. The molecule has 1 aliphatic carbocycles. The molecule has 0 radical (unpaired) electrons. The van der Waals surface area contributed by atoms with Gasteiger partial charge >= 0.3 is 0 Å². The van der Waals surface area contributed by atoms with Crippen LogP contribution < -0.4 is 25.4 Å². The predicted molar refractivity (Wildman–Crippen MR) is 108 cm³/mol. The van der Waals surface area contributed by atoms with Gasteiger partial charge < -0.3 is 25.4 Å². The number of aromatic nitrogens is 4. The fourth-order valence-corrected chi connectivity index (χ4v) is 2.96. The van der Waals surface area contributed by atoms with Crippen LogP contribution >= 0.6 is 0 Å². The van der Waals surface area contributed by atoms with Crippen LogP contribution in [0.1, 0.15) is 27.3 Å². The average Bonchev–Trinajstić information content (AvgIpc) is 3.54. The molecule has 3 heterocycles. The van der Waals surface area contributed by atoms with Crippen LogP contribution in [-0.4, -0.2) is 52.6 Å². The first-order chi connectivity index (χ1) is 15.7. The van der Waals surface area contributed by atoms with Gasteiger partial charge in [0.2, 0.25) is 11.7 Å². The highest BCUT2D eigenvalue weighted by Crippen LogP contribution is 2.36. The Hall–Kier alpha value is -3.89. The molecule has 3 aromatic rings. The molecular formula is C19H21N7O4. The fraction of sp³-hybridized carbons (Fsp3) is 0.316. The Kier molecular flexibility index (Phi) is 4.18. The number of pyridine rings is 1. The van der Waals surface area contributed by atoms with E-state index in [9.17, 15) is 9.59 Å². The minimum absolute atomic E-state index is 0.0464. The maximum atomic E-state index is 12.6. The highest BCUT2D eigenvalue weighted by Gasteiger charge is 2.30. The van der Waals surface area contributed by atoms with Crippen molar-refractivity contribution in [2.45, 2.75) is 12.8 Å². The monoisotopic (exact) mass is 414 g/mol. The molecule has 3 N–H and O–H groups in total. The minimum atomic E-state index is -2.69. The second-order valence-corrected chi connectivity index (χ2v) is 6.60. The quantitative estimate of drug-likeness (QED) is 0.531. The van der Waals surface area contributed by atoms with Gasteiger partial charge in [0.05, 0.1) is 37.4 Å². The zero-order chi connectivity index (χ0) is 23.8. The summed E-state index contributed by atoms with van der Waals surface area (Å²) in [5.74, 6) is -0.353. The maximum absolute atomic E-state index is 12.6. The molecule has 0 spiro atoms. The smallest absolute Gasteiger partial charge is 0.260 e. The number of hydrogen-bond donors (Lipinski definition) is 3. The normalized spacial score (nSPS) is 14.9. The molecule has 0 saturated heterocycles. The third-order valence-corrected chi connectivity index (χ3v) is 4.62. The van der Waals surface area contributed by atoms with Crippen molar-refractivity contribution in [3.63, 3.8) is 0 Å². The summed E-state index contributed by atoms with van der Waals surface area (Å²) in [7, 11) is 2.89. The summed E-state index contributed by atoms with van der Waals surface area (Å²) in [5, 5.41) is 11.9. The molecule has 1 fully saturated rings. The Morgan fingerprint density at radius 2 is 2.03 bits per heavy atom. The number of rotatable bonds is 7. The van der Waals surface area contributed by atoms with Gasteiger partial charge in [-0.3, -0.25) is 9.59 Å². The van der Waals surface area contributed by atoms with E-state index in [-0.39, 0.29) is 34.8 Å². The number of nitrogens with zero attached hydrogens (tertiary/aromatic N) is 4. The highest BCUT2D eigenvalue weighted by molar-refractivity contribution is 6.02. The van der Waals surface area contributed by atoms with E-state index in [1.807, 2.05) is 5.32 Å². The zero-order valence-electron chi connectivity index (χ0n) is 19.2. The molecule has 0 unspecified atom stereocenters. The molecule has 0 aromatic carbocycles. The molecule has 1 aliphatic rings. The van der Waals surface area contributed by atoms with Gasteiger partial charge in [0.15, 0.2) is 0 Å². The van der Waals surface area contributed by atoms with Crippen molar-refractivity contribution >= 4 is 34.5 Å². The molecule has 4 rings (SSSR count). The van der Waals surface area contributed by atoms with E-state index >= 15 is 0 Å². The summed E-state index contributed by atoms with van der Waals surface area (Å²) in [6.07, 6.45) is 5.73. The summed E-state index contributed by atoms with van der Waals surface area (Å²) >= 11 is 0. The number of ether oxygens (including phenoxy) is 2. The highest BCUT2D eigenvalue weighted by atomic mass is 16.5. The van der Waals surface area contributed by atoms with Crippen molar-refractivity contribution in [1.82, 2.24) is 24.9 Å². The van der Waals surface area contributed by atoms with Crippen molar-refractivity contribution in [2.75, 3.05) is 31.8 Å². The number of amides is 2. The molecular weight excluding hydrogens is 390 g/mol. The Morgan fingerprint density at radius 1 is 1.20 bits per heavy atom. The first kappa shape index (κ1) is 16.0. The summed E-state index contributed by atoms with van der Waals surface area (Å²) < 4.78 is 34.1. The van der Waals surface area contributed by atoms with Crippen molar-refractivity contribution in [1.29, 1.82) is 0 Å². The van der Waals surface area contributed by atoms with Crippen LogP contribution in [0.25, 0.3) is 5.52 Å². The Bertz CT molecular complexity index is 1220. The van der Waals surface area contributed by atoms with Gasteiger partial charge in [-0.25, -0.2) is 9.50 Å². The molecule has 156 valence electrons. The summed E-state index contributed by atoms with van der Waals surface area (Å²) in [4.78, 5) is 33.0. The molecule has 1 saturated carbocycles. The molecule has 2 amide bonds. The lowest BCUT2D eigenvalue weighted by Crippen LogP contribution is -2.20. The van der Waals surface area contributed by atoms with Gasteiger partial charge in [-0.05, 0) is 12.8 Å². The van der Waals surface area contributed by atoms with Gasteiger partial charge in [0.1, 0.15) is 17.7 Å². The second-order valence-electron chi connectivity index (χ2n) is 6.60. The molecule has 0 aliphatic heterocycles. The molecule has 30 heavy (non-hydrogen) atoms. The fourth-order valence-electron chi connectivity index (χ4n) is 2.96. The van der Waals surface area contributed by atoms with Crippen LogP contribution in [0.3, 0.4) is 0 Å².